The van der Waals surface area contributed by atoms with Crippen LogP contribution in [-0.2, 0) is 0 Å². The second-order valence-corrected chi connectivity index (χ2v) is 7.35. The zero-order valence-electron chi connectivity index (χ0n) is 15.9. The minimum Gasteiger partial charge on any atom is -0.454 e. The van der Waals surface area contributed by atoms with Gasteiger partial charge in [-0.25, -0.2) is 4.79 Å². The average Bonchev–Trinajstić information content (AvgIpc) is 2.84. The number of ether oxygens (including phenoxy) is 1. The van der Waals surface area contributed by atoms with E-state index in [0.29, 0.717) is 50.7 Å². The second-order valence-electron chi connectivity index (χ2n) is 6.54. The molecule has 8 heteroatoms. The van der Waals surface area contributed by atoms with Crippen LogP contribution in [0.3, 0.4) is 0 Å². The van der Waals surface area contributed by atoms with Crippen molar-refractivity contribution in [2.24, 2.45) is 0 Å². The van der Waals surface area contributed by atoms with Gasteiger partial charge in [-0.15, -0.1) is 0 Å². The van der Waals surface area contributed by atoms with Gasteiger partial charge in [-0.1, -0.05) is 35.3 Å². The molecule has 3 aromatic rings. The Kier molecular flexibility index (Phi) is 5.53. The molecular formula is C22H17Cl2N3O3. The lowest BCUT2D eigenvalue weighted by atomic mass is 10.1. The fourth-order valence-electron chi connectivity index (χ4n) is 3.18. The number of halogens is 2. The normalized spacial score (nSPS) is 12.4. The number of urea groups is 1. The third kappa shape index (κ3) is 3.92. The van der Waals surface area contributed by atoms with Crippen molar-refractivity contribution in [3.63, 3.8) is 0 Å². The maximum atomic E-state index is 13.1. The SMILES string of the molecule is CCN1C(=O)c2cc(NC(=O)Nc3ccc(Cl)c(Cl)c3)ccc2Oc2ccccc21. The highest BCUT2D eigenvalue weighted by atomic mass is 35.5. The highest BCUT2D eigenvalue weighted by molar-refractivity contribution is 6.42. The summed E-state index contributed by atoms with van der Waals surface area (Å²) in [5.41, 5.74) is 2.00. The van der Waals surface area contributed by atoms with Crippen molar-refractivity contribution < 1.29 is 14.3 Å². The van der Waals surface area contributed by atoms with Crippen LogP contribution >= 0.6 is 23.2 Å². The van der Waals surface area contributed by atoms with E-state index in [1.54, 1.807) is 41.3 Å². The number of hydrogen-bond donors (Lipinski definition) is 2. The van der Waals surface area contributed by atoms with Gasteiger partial charge in [-0.3, -0.25) is 4.79 Å². The van der Waals surface area contributed by atoms with Crippen LogP contribution in [0.25, 0.3) is 0 Å². The molecule has 0 unspecified atom stereocenters. The molecule has 0 bridgehead atoms. The number of para-hydroxylation sites is 2. The quantitative estimate of drug-likeness (QED) is 0.493. The van der Waals surface area contributed by atoms with E-state index in [0.717, 1.165) is 0 Å². The number of carbonyl (C=O) groups is 2. The van der Waals surface area contributed by atoms with Gasteiger partial charge >= 0.3 is 6.03 Å². The molecule has 1 aliphatic heterocycles. The Morgan fingerprint density at radius 1 is 0.933 bits per heavy atom. The Morgan fingerprint density at radius 3 is 2.37 bits per heavy atom. The van der Waals surface area contributed by atoms with Gasteiger partial charge in [0.05, 0.1) is 21.3 Å². The predicted octanol–water partition coefficient (Wildman–Crippen LogP) is 6.41. The van der Waals surface area contributed by atoms with Gasteiger partial charge in [-0.2, -0.15) is 0 Å². The van der Waals surface area contributed by atoms with Crippen LogP contribution in [0.5, 0.6) is 11.5 Å². The van der Waals surface area contributed by atoms with Crippen LogP contribution in [0.4, 0.5) is 21.9 Å². The predicted molar refractivity (Wildman–Crippen MR) is 119 cm³/mol. The molecule has 30 heavy (non-hydrogen) atoms. The Bertz CT molecular complexity index is 1150. The van der Waals surface area contributed by atoms with E-state index in [2.05, 4.69) is 10.6 Å². The molecular weight excluding hydrogens is 425 g/mol. The molecule has 0 aliphatic carbocycles. The van der Waals surface area contributed by atoms with Gasteiger partial charge in [0.15, 0.2) is 5.75 Å². The number of benzene rings is 3. The summed E-state index contributed by atoms with van der Waals surface area (Å²) < 4.78 is 5.97. The van der Waals surface area contributed by atoms with E-state index in [1.165, 1.54) is 0 Å². The first-order valence-corrected chi connectivity index (χ1v) is 9.97. The number of fused-ring (bicyclic) bond motifs is 2. The van der Waals surface area contributed by atoms with E-state index >= 15 is 0 Å². The number of rotatable bonds is 3. The molecule has 0 saturated carbocycles. The molecule has 0 spiro atoms. The molecule has 0 atom stereocenters. The van der Waals surface area contributed by atoms with Crippen molar-refractivity contribution in [3.8, 4) is 11.5 Å². The minimum absolute atomic E-state index is 0.203. The third-order valence-corrected chi connectivity index (χ3v) is 5.32. The summed E-state index contributed by atoms with van der Waals surface area (Å²) in [5.74, 6) is 0.828. The molecule has 6 nitrogen and oxygen atoms in total. The number of nitrogens with zero attached hydrogens (tertiary/aromatic N) is 1. The Morgan fingerprint density at radius 2 is 1.63 bits per heavy atom. The number of nitrogens with one attached hydrogen (secondary N) is 2. The first-order valence-electron chi connectivity index (χ1n) is 9.22. The number of amides is 3. The van der Waals surface area contributed by atoms with E-state index in [4.69, 9.17) is 27.9 Å². The summed E-state index contributed by atoms with van der Waals surface area (Å²) in [6.45, 7) is 2.38. The molecule has 0 saturated heterocycles. The number of hydrogen-bond acceptors (Lipinski definition) is 3. The molecule has 2 N–H and O–H groups in total. The summed E-state index contributed by atoms with van der Waals surface area (Å²) in [4.78, 5) is 27.1. The van der Waals surface area contributed by atoms with Crippen molar-refractivity contribution >= 4 is 52.2 Å². The fourth-order valence-corrected chi connectivity index (χ4v) is 3.48. The Hall–Kier alpha value is -3.22. The van der Waals surface area contributed by atoms with Gasteiger partial charge < -0.3 is 20.3 Å². The average molecular weight is 442 g/mol. The molecule has 0 fully saturated rings. The van der Waals surface area contributed by atoms with Crippen LogP contribution in [-0.4, -0.2) is 18.5 Å². The van der Waals surface area contributed by atoms with Crippen molar-refractivity contribution in [3.05, 3.63) is 76.3 Å². The van der Waals surface area contributed by atoms with Crippen molar-refractivity contribution in [1.82, 2.24) is 0 Å². The topological polar surface area (TPSA) is 70.7 Å². The largest absolute Gasteiger partial charge is 0.454 e. The number of carbonyl (C=O) groups excluding carboxylic acids is 2. The standard InChI is InChI=1S/C22H17Cl2N3O3/c1-2-27-18-5-3-4-6-20(18)30-19-10-8-13(11-15(19)21(27)28)25-22(29)26-14-7-9-16(23)17(24)12-14/h3-12H,2H2,1H3,(H2,25,26,29). The first kappa shape index (κ1) is 20.1. The first-order chi connectivity index (χ1) is 14.5. The van der Waals surface area contributed by atoms with Crippen molar-refractivity contribution in [2.45, 2.75) is 6.92 Å². The van der Waals surface area contributed by atoms with E-state index in [1.807, 2.05) is 31.2 Å². The lowest BCUT2D eigenvalue weighted by molar-refractivity contribution is 0.0988. The van der Waals surface area contributed by atoms with Gasteiger partial charge in [0.25, 0.3) is 5.91 Å². The summed E-state index contributed by atoms with van der Waals surface area (Å²) in [7, 11) is 0. The summed E-state index contributed by atoms with van der Waals surface area (Å²) in [5, 5.41) is 6.12. The van der Waals surface area contributed by atoms with E-state index < -0.39 is 6.03 Å². The van der Waals surface area contributed by atoms with Crippen LogP contribution in [0, 0.1) is 0 Å². The molecule has 152 valence electrons. The summed E-state index contributed by atoms with van der Waals surface area (Å²) >= 11 is 11.9. The molecule has 3 aromatic carbocycles. The van der Waals surface area contributed by atoms with E-state index in [-0.39, 0.29) is 5.91 Å². The second kappa shape index (κ2) is 8.26. The highest BCUT2D eigenvalue weighted by Crippen LogP contribution is 2.39. The Balaban J connectivity index is 1.58. The summed E-state index contributed by atoms with van der Waals surface area (Å²) in [6.07, 6.45) is 0. The monoisotopic (exact) mass is 441 g/mol. The molecule has 1 aliphatic rings. The lowest BCUT2D eigenvalue weighted by Gasteiger charge is -2.19. The van der Waals surface area contributed by atoms with Gasteiger partial charge in [0.2, 0.25) is 0 Å². The molecule has 4 rings (SSSR count). The Labute approximate surface area is 183 Å². The van der Waals surface area contributed by atoms with Crippen molar-refractivity contribution in [1.29, 1.82) is 0 Å². The number of anilines is 3. The van der Waals surface area contributed by atoms with Crippen LogP contribution in [0.15, 0.2) is 60.7 Å². The lowest BCUT2D eigenvalue weighted by Crippen LogP contribution is -2.29. The van der Waals surface area contributed by atoms with Crippen LogP contribution in [0.2, 0.25) is 10.0 Å². The van der Waals surface area contributed by atoms with Gasteiger partial charge in [0.1, 0.15) is 5.75 Å². The smallest absolute Gasteiger partial charge is 0.323 e. The minimum atomic E-state index is -0.481. The van der Waals surface area contributed by atoms with Gasteiger partial charge in [-0.05, 0) is 55.5 Å². The molecule has 1 heterocycles. The van der Waals surface area contributed by atoms with Crippen LogP contribution in [0.1, 0.15) is 17.3 Å². The van der Waals surface area contributed by atoms with Crippen molar-refractivity contribution in [2.75, 3.05) is 22.1 Å². The summed E-state index contributed by atoms with van der Waals surface area (Å²) in [6, 6.07) is 16.6. The maximum absolute atomic E-state index is 13.1. The highest BCUT2D eigenvalue weighted by Gasteiger charge is 2.27. The maximum Gasteiger partial charge on any atom is 0.323 e. The van der Waals surface area contributed by atoms with E-state index in [9.17, 15) is 9.59 Å². The zero-order valence-corrected chi connectivity index (χ0v) is 17.4. The third-order valence-electron chi connectivity index (χ3n) is 4.58. The molecule has 3 amide bonds. The molecule has 0 radical (unpaired) electrons. The fraction of sp³-hybridized carbons (Fsp3) is 0.0909. The molecule has 0 aromatic heterocycles. The van der Waals surface area contributed by atoms with Gasteiger partial charge in [0, 0.05) is 17.9 Å². The zero-order chi connectivity index (χ0) is 21.3. The van der Waals surface area contributed by atoms with Crippen LogP contribution < -0.4 is 20.3 Å².